The molecule has 3 nitrogen and oxygen atoms in total. The molecule has 0 aliphatic carbocycles. The second kappa shape index (κ2) is 12.1. The fourth-order valence-electron chi connectivity index (χ4n) is 0.437. The van der Waals surface area contributed by atoms with Gasteiger partial charge in [0.2, 0.25) is 0 Å². The van der Waals surface area contributed by atoms with Crippen LogP contribution >= 0.6 is 0 Å². The van der Waals surface area contributed by atoms with E-state index >= 15 is 0 Å². The molecule has 1 N–H and O–H groups in total. The molecule has 4 heteroatoms. The van der Waals surface area contributed by atoms with Gasteiger partial charge >= 0.3 is 35.5 Å². The number of ether oxygens (including phenoxy) is 1. The van der Waals surface area contributed by atoms with Crippen LogP contribution in [0.2, 0.25) is 0 Å². The quantitative estimate of drug-likeness (QED) is 0.357. The standard InChI is InChI=1S/C6H12O2.Na.H2O/c1-3-5-6(7)8-4-2;;/h3-5H2,1-2H3;;1H2/q;+1;/p-1. The van der Waals surface area contributed by atoms with Crippen molar-refractivity contribution in [3.8, 4) is 0 Å². The van der Waals surface area contributed by atoms with E-state index in [0.717, 1.165) is 6.42 Å². The Morgan fingerprint density at radius 1 is 1.40 bits per heavy atom. The largest absolute Gasteiger partial charge is 1.00 e. The van der Waals surface area contributed by atoms with E-state index in [2.05, 4.69) is 4.74 Å². The van der Waals surface area contributed by atoms with Crippen molar-refractivity contribution in [3.63, 3.8) is 0 Å². The normalized spacial score (nSPS) is 7.00. The average Bonchev–Trinajstić information content (AvgIpc) is 1.68. The zero-order valence-corrected chi connectivity index (χ0v) is 8.89. The van der Waals surface area contributed by atoms with Gasteiger partial charge in [-0.1, -0.05) is 6.92 Å². The van der Waals surface area contributed by atoms with Crippen LogP contribution in [0.4, 0.5) is 0 Å². The third-order valence-corrected chi connectivity index (χ3v) is 0.759. The summed E-state index contributed by atoms with van der Waals surface area (Å²) in [5.41, 5.74) is 0. The maximum atomic E-state index is 10.4. The maximum Gasteiger partial charge on any atom is 1.00 e. The third kappa shape index (κ3) is 11.3. The minimum Gasteiger partial charge on any atom is -0.870 e. The first-order valence-electron chi connectivity index (χ1n) is 2.96. The van der Waals surface area contributed by atoms with Crippen LogP contribution < -0.4 is 29.6 Å². The molecular formula is C6H13NaO3. The topological polar surface area (TPSA) is 56.3 Å². The molecule has 0 aliphatic heterocycles. The van der Waals surface area contributed by atoms with Crippen molar-refractivity contribution in [3.05, 3.63) is 0 Å². The van der Waals surface area contributed by atoms with E-state index in [1.165, 1.54) is 0 Å². The van der Waals surface area contributed by atoms with Crippen LogP contribution in [0, 0.1) is 0 Å². The van der Waals surface area contributed by atoms with Crippen LogP contribution in [0.25, 0.3) is 0 Å². The molecule has 0 aromatic carbocycles. The Morgan fingerprint density at radius 3 is 2.20 bits per heavy atom. The van der Waals surface area contributed by atoms with Crippen LogP contribution in [-0.2, 0) is 9.53 Å². The van der Waals surface area contributed by atoms with Gasteiger partial charge in [-0.2, -0.15) is 0 Å². The van der Waals surface area contributed by atoms with Gasteiger partial charge in [0.25, 0.3) is 0 Å². The minimum atomic E-state index is -0.0880. The second-order valence-corrected chi connectivity index (χ2v) is 1.56. The summed E-state index contributed by atoms with van der Waals surface area (Å²) in [5, 5.41) is 0. The van der Waals surface area contributed by atoms with Crippen molar-refractivity contribution in [1.29, 1.82) is 0 Å². The van der Waals surface area contributed by atoms with Crippen molar-refractivity contribution in [2.24, 2.45) is 0 Å². The van der Waals surface area contributed by atoms with E-state index in [9.17, 15) is 4.79 Å². The van der Waals surface area contributed by atoms with Crippen LogP contribution in [0.15, 0.2) is 0 Å². The Balaban J connectivity index is -0.000000245. The molecule has 0 atom stereocenters. The van der Waals surface area contributed by atoms with Crippen molar-refractivity contribution in [2.75, 3.05) is 6.61 Å². The zero-order valence-electron chi connectivity index (χ0n) is 6.89. The van der Waals surface area contributed by atoms with E-state index in [-0.39, 0.29) is 41.0 Å². The molecule has 0 aliphatic rings. The fraction of sp³-hybridized carbons (Fsp3) is 0.833. The molecule has 0 aromatic rings. The Bertz CT molecular complexity index is 67.4. The molecule has 0 bridgehead atoms. The maximum absolute atomic E-state index is 10.4. The molecule has 0 heterocycles. The van der Waals surface area contributed by atoms with E-state index < -0.39 is 0 Å². The number of hydrogen-bond donors (Lipinski definition) is 0. The van der Waals surface area contributed by atoms with Gasteiger partial charge in [-0.3, -0.25) is 4.79 Å². The fourth-order valence-corrected chi connectivity index (χ4v) is 0.437. The van der Waals surface area contributed by atoms with Gasteiger partial charge < -0.3 is 10.2 Å². The summed E-state index contributed by atoms with van der Waals surface area (Å²) in [6.45, 7) is 4.27. The van der Waals surface area contributed by atoms with Crippen molar-refractivity contribution >= 4 is 5.97 Å². The average molecular weight is 156 g/mol. The summed E-state index contributed by atoms with van der Waals surface area (Å²) < 4.78 is 4.64. The Morgan fingerprint density at radius 2 is 1.90 bits per heavy atom. The summed E-state index contributed by atoms with van der Waals surface area (Å²) in [6, 6.07) is 0. The summed E-state index contributed by atoms with van der Waals surface area (Å²) >= 11 is 0. The van der Waals surface area contributed by atoms with Crippen molar-refractivity contribution < 1.29 is 44.6 Å². The molecule has 0 radical (unpaired) electrons. The second-order valence-electron chi connectivity index (χ2n) is 1.56. The van der Waals surface area contributed by atoms with Crippen LogP contribution in [0.5, 0.6) is 0 Å². The van der Waals surface area contributed by atoms with Gasteiger partial charge in [-0.15, -0.1) is 0 Å². The minimum absolute atomic E-state index is 0. The van der Waals surface area contributed by atoms with Gasteiger partial charge in [-0.05, 0) is 13.3 Å². The predicted octanol–water partition coefficient (Wildman–Crippen LogP) is -1.82. The van der Waals surface area contributed by atoms with Crippen LogP contribution in [0.1, 0.15) is 26.7 Å². The summed E-state index contributed by atoms with van der Waals surface area (Å²) in [5.74, 6) is -0.0880. The number of rotatable bonds is 3. The Labute approximate surface area is 83.7 Å². The predicted molar refractivity (Wildman–Crippen MR) is 33.5 cm³/mol. The van der Waals surface area contributed by atoms with E-state index in [4.69, 9.17) is 0 Å². The summed E-state index contributed by atoms with van der Waals surface area (Å²) in [4.78, 5) is 10.4. The molecule has 0 spiro atoms. The van der Waals surface area contributed by atoms with Crippen molar-refractivity contribution in [1.82, 2.24) is 0 Å². The third-order valence-electron chi connectivity index (χ3n) is 0.759. The van der Waals surface area contributed by atoms with E-state index in [1.54, 1.807) is 0 Å². The van der Waals surface area contributed by atoms with Gasteiger partial charge in [0.1, 0.15) is 0 Å². The molecule has 0 amide bonds. The van der Waals surface area contributed by atoms with Crippen LogP contribution in [0.3, 0.4) is 0 Å². The molecule has 56 valence electrons. The first-order valence-corrected chi connectivity index (χ1v) is 2.96. The van der Waals surface area contributed by atoms with E-state index in [1.807, 2.05) is 13.8 Å². The molecule has 0 saturated heterocycles. The molecule has 0 saturated carbocycles. The number of hydrogen-bond acceptors (Lipinski definition) is 3. The van der Waals surface area contributed by atoms with Gasteiger partial charge in [0, 0.05) is 6.42 Å². The first-order chi connectivity index (χ1) is 3.81. The van der Waals surface area contributed by atoms with Crippen molar-refractivity contribution in [2.45, 2.75) is 26.7 Å². The number of esters is 1. The molecule has 0 fully saturated rings. The monoisotopic (exact) mass is 156 g/mol. The molecule has 0 aromatic heterocycles. The summed E-state index contributed by atoms with van der Waals surface area (Å²) in [6.07, 6.45) is 1.42. The van der Waals surface area contributed by atoms with Crippen LogP contribution in [-0.4, -0.2) is 18.1 Å². The number of carbonyl (C=O) groups excluding carboxylic acids is 1. The Hall–Kier alpha value is 0.430. The molecular weight excluding hydrogens is 143 g/mol. The zero-order chi connectivity index (χ0) is 6.41. The molecule has 0 rings (SSSR count). The van der Waals surface area contributed by atoms with Gasteiger partial charge in [0.15, 0.2) is 0 Å². The number of carbonyl (C=O) groups is 1. The van der Waals surface area contributed by atoms with E-state index in [0.29, 0.717) is 13.0 Å². The Kier molecular flexibility index (Phi) is 20.4. The smallest absolute Gasteiger partial charge is 0.870 e. The van der Waals surface area contributed by atoms with Gasteiger partial charge in [-0.25, -0.2) is 0 Å². The SMILES string of the molecule is CCCC(=O)OCC.[Na+].[OH-]. The summed E-state index contributed by atoms with van der Waals surface area (Å²) in [7, 11) is 0. The first kappa shape index (κ1) is 16.8. The van der Waals surface area contributed by atoms with Gasteiger partial charge in [0.05, 0.1) is 6.61 Å². The molecule has 10 heavy (non-hydrogen) atoms. The molecule has 0 unspecified atom stereocenters.